The van der Waals surface area contributed by atoms with E-state index in [1.807, 2.05) is 41.3 Å². The van der Waals surface area contributed by atoms with Crippen LogP contribution in [0, 0.1) is 6.92 Å². The molecular weight excluding hydrogens is 358 g/mol. The summed E-state index contributed by atoms with van der Waals surface area (Å²) >= 11 is 0. The normalized spacial score (nSPS) is 13.2. The lowest BCUT2D eigenvalue weighted by Gasteiger charge is -2.30. The Kier molecular flexibility index (Phi) is 4.68. The molecule has 0 spiro atoms. The number of ether oxygens (including phenoxy) is 2. The Morgan fingerprint density at radius 3 is 2.46 bits per heavy atom. The van der Waals surface area contributed by atoms with Crippen molar-refractivity contribution >= 4 is 5.91 Å². The number of hydrogen-bond donors (Lipinski definition) is 0. The molecule has 1 aromatic heterocycles. The number of fused-ring (bicyclic) bond motifs is 1. The zero-order chi connectivity index (χ0) is 19.7. The van der Waals surface area contributed by atoms with Crippen LogP contribution in [0.1, 0.15) is 27.3 Å². The second kappa shape index (κ2) is 7.30. The van der Waals surface area contributed by atoms with Crippen LogP contribution >= 0.6 is 0 Å². The van der Waals surface area contributed by atoms with E-state index in [9.17, 15) is 4.79 Å². The van der Waals surface area contributed by atoms with E-state index in [1.54, 1.807) is 25.8 Å². The topological polar surface area (TPSA) is 82.4 Å². The van der Waals surface area contributed by atoms with E-state index >= 15 is 0 Å². The average molecular weight is 379 g/mol. The molecule has 2 heterocycles. The Morgan fingerprint density at radius 1 is 1.07 bits per heavy atom. The fraction of sp³-hybridized carbons (Fsp3) is 0.300. The highest BCUT2D eigenvalue weighted by Gasteiger charge is 2.26. The van der Waals surface area contributed by atoms with Crippen LogP contribution in [0.25, 0.3) is 5.69 Å². The molecule has 1 amide bonds. The number of amides is 1. The number of rotatable bonds is 4. The first-order chi connectivity index (χ1) is 13.6. The first-order valence-electron chi connectivity index (χ1n) is 8.99. The zero-order valence-corrected chi connectivity index (χ0v) is 16.0. The number of aryl methyl sites for hydroxylation is 1. The van der Waals surface area contributed by atoms with Gasteiger partial charge in [0, 0.05) is 13.1 Å². The van der Waals surface area contributed by atoms with E-state index in [1.165, 1.54) is 5.56 Å². The standard InChI is InChI=1S/C20H21N5O3/c1-13-21-22-23-25(13)17-7-5-4-6-16(17)20(26)24-9-8-14-10-18(27-2)19(28-3)11-15(14)12-24/h4-7,10-11H,8-9,12H2,1-3H3. The molecular formula is C20H21N5O3. The highest BCUT2D eigenvalue weighted by atomic mass is 16.5. The Balaban J connectivity index is 1.66. The van der Waals surface area contributed by atoms with Gasteiger partial charge in [-0.05, 0) is 59.2 Å². The van der Waals surface area contributed by atoms with Crippen LogP contribution in [0.4, 0.5) is 0 Å². The third kappa shape index (κ3) is 3.06. The molecule has 1 aliphatic rings. The van der Waals surface area contributed by atoms with E-state index in [4.69, 9.17) is 9.47 Å². The molecule has 3 aromatic rings. The van der Waals surface area contributed by atoms with Gasteiger partial charge in [-0.25, -0.2) is 0 Å². The molecule has 0 aliphatic carbocycles. The van der Waals surface area contributed by atoms with Crippen LogP contribution in [0.15, 0.2) is 36.4 Å². The minimum absolute atomic E-state index is 0.0501. The summed E-state index contributed by atoms with van der Waals surface area (Å²) in [6.45, 7) is 2.94. The lowest BCUT2D eigenvalue weighted by molar-refractivity contribution is 0.0734. The summed E-state index contributed by atoms with van der Waals surface area (Å²) in [7, 11) is 3.24. The largest absolute Gasteiger partial charge is 0.493 e. The Labute approximate surface area is 162 Å². The van der Waals surface area contributed by atoms with Crippen molar-refractivity contribution in [2.75, 3.05) is 20.8 Å². The Bertz CT molecular complexity index is 1030. The van der Waals surface area contributed by atoms with Gasteiger partial charge in [-0.15, -0.1) is 5.10 Å². The Morgan fingerprint density at radius 2 is 1.79 bits per heavy atom. The van der Waals surface area contributed by atoms with Crippen LogP contribution in [0.3, 0.4) is 0 Å². The van der Waals surface area contributed by atoms with Gasteiger partial charge in [0.25, 0.3) is 5.91 Å². The van der Waals surface area contributed by atoms with Crippen molar-refractivity contribution in [3.63, 3.8) is 0 Å². The summed E-state index contributed by atoms with van der Waals surface area (Å²) in [5.41, 5.74) is 3.48. The lowest BCUT2D eigenvalue weighted by Crippen LogP contribution is -2.36. The first kappa shape index (κ1) is 18.0. The molecule has 144 valence electrons. The number of carbonyl (C=O) groups is 1. The molecule has 0 saturated heterocycles. The molecule has 0 fully saturated rings. The summed E-state index contributed by atoms with van der Waals surface area (Å²) in [6.07, 6.45) is 0.757. The fourth-order valence-electron chi connectivity index (χ4n) is 3.52. The quantitative estimate of drug-likeness (QED) is 0.691. The van der Waals surface area contributed by atoms with Gasteiger partial charge in [0.05, 0.1) is 25.5 Å². The molecule has 0 atom stereocenters. The zero-order valence-electron chi connectivity index (χ0n) is 16.0. The Hall–Kier alpha value is -3.42. The maximum atomic E-state index is 13.3. The number of carbonyl (C=O) groups excluding carboxylic acids is 1. The van der Waals surface area contributed by atoms with E-state index < -0.39 is 0 Å². The van der Waals surface area contributed by atoms with Gasteiger partial charge in [0.15, 0.2) is 17.3 Å². The van der Waals surface area contributed by atoms with Gasteiger partial charge >= 0.3 is 0 Å². The van der Waals surface area contributed by atoms with Gasteiger partial charge in [0.1, 0.15) is 0 Å². The smallest absolute Gasteiger partial charge is 0.256 e. The molecule has 1 aliphatic heterocycles. The number of hydrogen-bond acceptors (Lipinski definition) is 6. The summed E-state index contributed by atoms with van der Waals surface area (Å²) in [6, 6.07) is 11.3. The van der Waals surface area contributed by atoms with Crippen LogP contribution < -0.4 is 9.47 Å². The van der Waals surface area contributed by atoms with Crippen LogP contribution in [0.5, 0.6) is 11.5 Å². The van der Waals surface area contributed by atoms with Crippen molar-refractivity contribution in [3.05, 3.63) is 58.9 Å². The third-order valence-corrected chi connectivity index (χ3v) is 4.99. The maximum absolute atomic E-state index is 13.3. The van der Waals surface area contributed by atoms with Crippen molar-refractivity contribution in [1.29, 1.82) is 0 Å². The summed E-state index contributed by atoms with van der Waals surface area (Å²) in [5.74, 6) is 1.95. The van der Waals surface area contributed by atoms with Gasteiger partial charge in [-0.1, -0.05) is 12.1 Å². The summed E-state index contributed by atoms with van der Waals surface area (Å²) in [5, 5.41) is 11.6. The monoisotopic (exact) mass is 379 g/mol. The highest BCUT2D eigenvalue weighted by molar-refractivity contribution is 5.97. The molecule has 0 N–H and O–H groups in total. The second-order valence-corrected chi connectivity index (χ2v) is 6.61. The van der Waals surface area contributed by atoms with Crippen molar-refractivity contribution in [3.8, 4) is 17.2 Å². The minimum atomic E-state index is -0.0501. The van der Waals surface area contributed by atoms with E-state index in [0.717, 1.165) is 12.0 Å². The predicted octanol–water partition coefficient (Wildman–Crippen LogP) is 2.19. The van der Waals surface area contributed by atoms with Crippen molar-refractivity contribution in [2.24, 2.45) is 0 Å². The van der Waals surface area contributed by atoms with Crippen LogP contribution in [-0.4, -0.2) is 51.8 Å². The number of tetrazole rings is 1. The van der Waals surface area contributed by atoms with Gasteiger partial charge in [-0.2, -0.15) is 4.68 Å². The van der Waals surface area contributed by atoms with Gasteiger partial charge in [0.2, 0.25) is 0 Å². The number of benzene rings is 2. The van der Waals surface area contributed by atoms with Crippen LogP contribution in [0.2, 0.25) is 0 Å². The van der Waals surface area contributed by atoms with Gasteiger partial charge in [-0.3, -0.25) is 4.79 Å². The molecule has 4 rings (SSSR count). The molecule has 8 nitrogen and oxygen atoms in total. The first-order valence-corrected chi connectivity index (χ1v) is 8.99. The molecule has 28 heavy (non-hydrogen) atoms. The third-order valence-electron chi connectivity index (χ3n) is 4.99. The average Bonchev–Trinajstić information content (AvgIpc) is 3.17. The fourth-order valence-corrected chi connectivity index (χ4v) is 3.52. The molecule has 0 radical (unpaired) electrons. The number of methoxy groups -OCH3 is 2. The summed E-state index contributed by atoms with van der Waals surface area (Å²) in [4.78, 5) is 15.1. The SMILES string of the molecule is COc1cc2c(cc1OC)CN(C(=O)c1ccccc1-n1nnnc1C)CC2. The second-order valence-electron chi connectivity index (χ2n) is 6.61. The van der Waals surface area contributed by atoms with Crippen LogP contribution in [-0.2, 0) is 13.0 Å². The van der Waals surface area contributed by atoms with E-state index in [-0.39, 0.29) is 5.91 Å². The number of para-hydroxylation sites is 1. The van der Waals surface area contributed by atoms with Crippen molar-refractivity contribution < 1.29 is 14.3 Å². The molecule has 0 saturated carbocycles. The molecule has 2 aromatic carbocycles. The summed E-state index contributed by atoms with van der Waals surface area (Å²) < 4.78 is 12.4. The lowest BCUT2D eigenvalue weighted by atomic mass is 9.98. The van der Waals surface area contributed by atoms with Gasteiger partial charge < -0.3 is 14.4 Å². The molecule has 0 unspecified atom stereocenters. The molecule has 8 heteroatoms. The maximum Gasteiger partial charge on any atom is 0.256 e. The minimum Gasteiger partial charge on any atom is -0.493 e. The van der Waals surface area contributed by atoms with Crippen molar-refractivity contribution in [2.45, 2.75) is 19.9 Å². The predicted molar refractivity (Wildman–Crippen MR) is 102 cm³/mol. The number of aromatic nitrogens is 4. The van der Waals surface area contributed by atoms with Crippen molar-refractivity contribution in [1.82, 2.24) is 25.1 Å². The number of nitrogens with zero attached hydrogens (tertiary/aromatic N) is 5. The van der Waals surface area contributed by atoms with E-state index in [2.05, 4.69) is 15.5 Å². The molecule has 0 bridgehead atoms. The highest BCUT2D eigenvalue weighted by Crippen LogP contribution is 2.33. The van der Waals surface area contributed by atoms with E-state index in [0.29, 0.717) is 41.7 Å².